The Balaban J connectivity index is 1.41. The molecular weight excluding hydrogens is 198 g/mol. The fourth-order valence-corrected chi connectivity index (χ4v) is 3.53. The molecule has 4 rings (SSSR count). The molecule has 0 amide bonds. The van der Waals surface area contributed by atoms with Gasteiger partial charge < -0.3 is 5.32 Å². The molecule has 86 valence electrons. The highest BCUT2D eigenvalue weighted by molar-refractivity contribution is 5.14. The van der Waals surface area contributed by atoms with Crippen molar-refractivity contribution in [2.24, 2.45) is 11.3 Å². The van der Waals surface area contributed by atoms with Crippen LogP contribution in [0.3, 0.4) is 0 Å². The van der Waals surface area contributed by atoms with Crippen LogP contribution < -0.4 is 5.32 Å². The highest BCUT2D eigenvalue weighted by atomic mass is 15.3. The second-order valence-electron chi connectivity index (χ2n) is 6.09. The normalized spacial score (nSPS) is 27.8. The zero-order chi connectivity index (χ0) is 10.6. The first kappa shape index (κ1) is 9.23. The Hall–Kier alpha value is -0.830. The van der Waals surface area contributed by atoms with E-state index in [1.807, 2.05) is 6.20 Å². The molecule has 0 radical (unpaired) electrons. The summed E-state index contributed by atoms with van der Waals surface area (Å²) in [7, 11) is 0. The minimum Gasteiger partial charge on any atom is -0.316 e. The van der Waals surface area contributed by atoms with E-state index in [4.69, 9.17) is 0 Å². The van der Waals surface area contributed by atoms with Gasteiger partial charge in [0.2, 0.25) is 0 Å². The summed E-state index contributed by atoms with van der Waals surface area (Å²) in [5.41, 5.74) is 2.20. The highest BCUT2D eigenvalue weighted by Crippen LogP contribution is 2.49. The average Bonchev–Trinajstić information content (AvgIpc) is 2.89. The van der Waals surface area contributed by atoms with Crippen LogP contribution in [0.1, 0.15) is 37.3 Å². The molecule has 1 aliphatic heterocycles. The Labute approximate surface area is 96.2 Å². The molecule has 0 aromatic carbocycles. The topological polar surface area (TPSA) is 29.9 Å². The second kappa shape index (κ2) is 3.10. The largest absolute Gasteiger partial charge is 0.316 e. The maximum atomic E-state index is 4.49. The van der Waals surface area contributed by atoms with Crippen molar-refractivity contribution in [2.45, 2.75) is 38.1 Å². The van der Waals surface area contributed by atoms with Gasteiger partial charge in [0.15, 0.2) is 0 Å². The average molecular weight is 217 g/mol. The smallest absolute Gasteiger partial charge is 0.0492 e. The monoisotopic (exact) mass is 217 g/mol. The zero-order valence-electron chi connectivity index (χ0n) is 9.65. The minimum absolute atomic E-state index is 0.706. The van der Waals surface area contributed by atoms with Crippen molar-refractivity contribution in [1.29, 1.82) is 0 Å². The third-order valence-corrected chi connectivity index (χ3v) is 4.62. The summed E-state index contributed by atoms with van der Waals surface area (Å²) in [6.07, 6.45) is 7.58. The molecule has 1 saturated heterocycles. The lowest BCUT2D eigenvalue weighted by molar-refractivity contribution is -0.00896. The lowest BCUT2D eigenvalue weighted by Crippen LogP contribution is -2.60. The van der Waals surface area contributed by atoms with Gasteiger partial charge in [-0.25, -0.2) is 0 Å². The molecule has 0 atom stereocenters. The van der Waals surface area contributed by atoms with Crippen LogP contribution in [0.4, 0.5) is 0 Å². The van der Waals surface area contributed by atoms with Gasteiger partial charge in [-0.3, -0.25) is 4.68 Å². The van der Waals surface area contributed by atoms with Crippen LogP contribution in [0.2, 0.25) is 0 Å². The van der Waals surface area contributed by atoms with E-state index < -0.39 is 0 Å². The first-order valence-electron chi connectivity index (χ1n) is 6.57. The van der Waals surface area contributed by atoms with Crippen LogP contribution in [0.5, 0.6) is 0 Å². The first-order chi connectivity index (χ1) is 7.85. The Morgan fingerprint density at radius 3 is 2.81 bits per heavy atom. The molecule has 3 nitrogen and oxygen atoms in total. The van der Waals surface area contributed by atoms with E-state index in [2.05, 4.69) is 21.2 Å². The summed E-state index contributed by atoms with van der Waals surface area (Å²) in [6.45, 7) is 3.69. The molecule has 2 saturated carbocycles. The van der Waals surface area contributed by atoms with Crippen molar-refractivity contribution >= 4 is 0 Å². The molecule has 3 aliphatic rings. The maximum absolute atomic E-state index is 4.49. The van der Waals surface area contributed by atoms with Gasteiger partial charge in [-0.2, -0.15) is 5.10 Å². The summed E-state index contributed by atoms with van der Waals surface area (Å²) in [5.74, 6) is 1.72. The van der Waals surface area contributed by atoms with Crippen molar-refractivity contribution in [3.05, 3.63) is 18.0 Å². The van der Waals surface area contributed by atoms with Gasteiger partial charge in [-0.15, -0.1) is 0 Å². The third-order valence-electron chi connectivity index (χ3n) is 4.62. The third kappa shape index (κ3) is 1.34. The molecule has 1 N–H and O–H groups in total. The van der Waals surface area contributed by atoms with E-state index >= 15 is 0 Å². The van der Waals surface area contributed by atoms with Crippen molar-refractivity contribution < 1.29 is 0 Å². The number of hydrogen-bond acceptors (Lipinski definition) is 2. The number of nitrogens with one attached hydrogen (secondary N) is 1. The quantitative estimate of drug-likeness (QED) is 0.836. The van der Waals surface area contributed by atoms with Crippen LogP contribution >= 0.6 is 0 Å². The second-order valence-corrected chi connectivity index (χ2v) is 6.09. The number of nitrogens with zero attached hydrogens (tertiary/aromatic N) is 2. The highest BCUT2D eigenvalue weighted by Gasteiger charge is 2.48. The number of aromatic nitrogens is 2. The van der Waals surface area contributed by atoms with Crippen LogP contribution in [-0.2, 0) is 6.54 Å². The summed E-state index contributed by atoms with van der Waals surface area (Å²) < 4.78 is 2.28. The summed E-state index contributed by atoms with van der Waals surface area (Å²) >= 11 is 0. The van der Waals surface area contributed by atoms with Crippen molar-refractivity contribution in [3.63, 3.8) is 0 Å². The summed E-state index contributed by atoms with van der Waals surface area (Å²) in [4.78, 5) is 0. The summed E-state index contributed by atoms with van der Waals surface area (Å²) in [6, 6.07) is 2.22. The SMILES string of the molecule is c1cc(C2CC2)n(CC2CC3(CNC3)C2)n1. The molecule has 1 aromatic heterocycles. The van der Waals surface area contributed by atoms with Gasteiger partial charge in [0.05, 0.1) is 0 Å². The van der Waals surface area contributed by atoms with Crippen molar-refractivity contribution in [3.8, 4) is 0 Å². The Morgan fingerprint density at radius 1 is 1.38 bits per heavy atom. The molecule has 16 heavy (non-hydrogen) atoms. The van der Waals surface area contributed by atoms with Crippen LogP contribution in [-0.4, -0.2) is 22.9 Å². The molecule has 2 aliphatic carbocycles. The fourth-order valence-electron chi connectivity index (χ4n) is 3.53. The van der Waals surface area contributed by atoms with Gasteiger partial charge in [-0.1, -0.05) is 0 Å². The van der Waals surface area contributed by atoms with Crippen molar-refractivity contribution in [1.82, 2.24) is 15.1 Å². The fraction of sp³-hybridized carbons (Fsp3) is 0.769. The van der Waals surface area contributed by atoms with Crippen molar-refractivity contribution in [2.75, 3.05) is 13.1 Å². The lowest BCUT2D eigenvalue weighted by atomic mass is 9.58. The molecule has 1 aromatic rings. The number of rotatable bonds is 3. The molecule has 3 fully saturated rings. The van der Waals surface area contributed by atoms with Gasteiger partial charge >= 0.3 is 0 Å². The van der Waals surface area contributed by atoms with Gasteiger partial charge in [0.1, 0.15) is 0 Å². The molecular formula is C13H19N3. The van der Waals surface area contributed by atoms with E-state index in [0.29, 0.717) is 5.41 Å². The predicted octanol–water partition coefficient (Wildman–Crippen LogP) is 1.76. The van der Waals surface area contributed by atoms with E-state index in [0.717, 1.165) is 11.8 Å². The Bertz CT molecular complexity index is 393. The zero-order valence-corrected chi connectivity index (χ0v) is 9.65. The van der Waals surface area contributed by atoms with E-state index in [1.165, 1.54) is 51.0 Å². The molecule has 2 heterocycles. The van der Waals surface area contributed by atoms with Crippen LogP contribution in [0.25, 0.3) is 0 Å². The van der Waals surface area contributed by atoms with Gasteiger partial charge in [0, 0.05) is 37.4 Å². The molecule has 3 heteroatoms. The predicted molar refractivity (Wildman–Crippen MR) is 62.2 cm³/mol. The maximum Gasteiger partial charge on any atom is 0.0492 e. The Kier molecular flexibility index (Phi) is 1.79. The van der Waals surface area contributed by atoms with Crippen LogP contribution in [0, 0.1) is 11.3 Å². The summed E-state index contributed by atoms with van der Waals surface area (Å²) in [5, 5.41) is 7.89. The number of hydrogen-bond donors (Lipinski definition) is 1. The first-order valence-corrected chi connectivity index (χ1v) is 6.57. The molecule has 1 spiro atoms. The standard InChI is InChI=1S/C13H19N3/c1-2-11(1)12-3-4-15-16(12)7-10-5-13(6-10)8-14-9-13/h3-4,10-11,14H,1-2,5-9H2. The molecule has 0 bridgehead atoms. The van der Waals surface area contributed by atoms with Gasteiger partial charge in [-0.05, 0) is 43.1 Å². The Morgan fingerprint density at radius 2 is 2.19 bits per heavy atom. The van der Waals surface area contributed by atoms with Crippen LogP contribution in [0.15, 0.2) is 12.3 Å². The van der Waals surface area contributed by atoms with Gasteiger partial charge in [0.25, 0.3) is 0 Å². The van der Waals surface area contributed by atoms with E-state index in [-0.39, 0.29) is 0 Å². The minimum atomic E-state index is 0.706. The lowest BCUT2D eigenvalue weighted by Gasteiger charge is -2.54. The van der Waals surface area contributed by atoms with E-state index in [9.17, 15) is 0 Å². The molecule has 0 unspecified atom stereocenters. The van der Waals surface area contributed by atoms with E-state index in [1.54, 1.807) is 0 Å².